The van der Waals surface area contributed by atoms with Crippen LogP contribution in [-0.2, 0) is 9.59 Å². The van der Waals surface area contributed by atoms with Crippen molar-refractivity contribution in [2.45, 2.75) is 18.1 Å². The number of hydrogen-bond donors (Lipinski definition) is 5. The predicted molar refractivity (Wildman–Crippen MR) is 114 cm³/mol. The molecule has 0 radical (unpaired) electrons. The van der Waals surface area contributed by atoms with Gasteiger partial charge in [-0.2, -0.15) is 0 Å². The molecule has 9 nitrogen and oxygen atoms in total. The smallest absolute Gasteiger partial charge is 0.255 e. The summed E-state index contributed by atoms with van der Waals surface area (Å²) in [5.41, 5.74) is 1.73. The van der Waals surface area contributed by atoms with Gasteiger partial charge in [0.15, 0.2) is 11.4 Å². The Morgan fingerprint density at radius 3 is 2.41 bits per heavy atom. The third-order valence-electron chi connectivity index (χ3n) is 6.63. The minimum atomic E-state index is -2.70. The minimum absolute atomic E-state index is 0.0867. The molecule has 0 saturated carbocycles. The lowest BCUT2D eigenvalue weighted by atomic mass is 9.58. The van der Waals surface area contributed by atoms with Crippen LogP contribution in [0.15, 0.2) is 41.4 Å². The largest absolute Gasteiger partial charge is 0.510 e. The second-order valence-corrected chi connectivity index (χ2v) is 8.86. The molecule has 0 aromatic heterocycles. The summed E-state index contributed by atoms with van der Waals surface area (Å²) >= 11 is 6.27. The summed E-state index contributed by atoms with van der Waals surface area (Å²) in [6.45, 7) is 4.00. The van der Waals surface area contributed by atoms with Gasteiger partial charge in [-0.05, 0) is 38.2 Å². The maximum atomic E-state index is 13.3. The standard InChI is InChI=1S/C22H21ClN2O7/c1-7-8-6-9-16(25(2)3)18(28)15(21(24)31)20(30)22(9,32)19(29)13(8)17(27)14-11(26)5-4-10(23)12(7)14/h4-5,8-9,16,26,28-29,32H,1,6H2,2-3H3,(H2,24,31)/t8-,9+,16+,22+/m1/s1. The molecular formula is C22H21ClN2O7. The topological polar surface area (TPSA) is 161 Å². The van der Waals surface area contributed by atoms with E-state index >= 15 is 0 Å². The van der Waals surface area contributed by atoms with E-state index in [1.165, 1.54) is 17.0 Å². The number of allylic oxidation sites excluding steroid dienone is 2. The van der Waals surface area contributed by atoms with Gasteiger partial charge in [0.2, 0.25) is 5.78 Å². The second-order valence-electron chi connectivity index (χ2n) is 8.46. The van der Waals surface area contributed by atoms with Crippen LogP contribution < -0.4 is 5.73 Å². The molecule has 1 amide bonds. The van der Waals surface area contributed by atoms with Gasteiger partial charge in [0, 0.05) is 28.0 Å². The van der Waals surface area contributed by atoms with Crippen LogP contribution in [0, 0.1) is 11.8 Å². The van der Waals surface area contributed by atoms with Crippen molar-refractivity contribution in [3.63, 3.8) is 0 Å². The van der Waals surface area contributed by atoms with Crippen molar-refractivity contribution in [1.82, 2.24) is 4.90 Å². The van der Waals surface area contributed by atoms with E-state index in [9.17, 15) is 34.8 Å². The molecule has 32 heavy (non-hydrogen) atoms. The first-order valence-corrected chi connectivity index (χ1v) is 10.1. The van der Waals surface area contributed by atoms with Gasteiger partial charge in [-0.25, -0.2) is 0 Å². The monoisotopic (exact) mass is 460 g/mol. The van der Waals surface area contributed by atoms with Crippen molar-refractivity contribution >= 4 is 34.6 Å². The Bertz CT molecular complexity index is 1200. The molecule has 0 unspecified atom stereocenters. The van der Waals surface area contributed by atoms with Crippen LogP contribution in [0.5, 0.6) is 5.75 Å². The Kier molecular flexibility index (Phi) is 4.78. The number of benzene rings is 1. The van der Waals surface area contributed by atoms with E-state index in [-0.39, 0.29) is 28.1 Å². The molecule has 0 saturated heterocycles. The first-order chi connectivity index (χ1) is 14.8. The average Bonchev–Trinajstić information content (AvgIpc) is 2.69. The van der Waals surface area contributed by atoms with Crippen molar-refractivity contribution in [3.8, 4) is 5.75 Å². The molecule has 4 rings (SSSR count). The van der Waals surface area contributed by atoms with E-state index < -0.39 is 63.8 Å². The molecular weight excluding hydrogens is 440 g/mol. The van der Waals surface area contributed by atoms with Crippen molar-refractivity contribution < 1.29 is 34.8 Å². The van der Waals surface area contributed by atoms with E-state index in [0.29, 0.717) is 5.57 Å². The number of halogens is 1. The predicted octanol–water partition coefficient (Wildman–Crippen LogP) is 1.24. The molecule has 10 heteroatoms. The van der Waals surface area contributed by atoms with Crippen molar-refractivity contribution in [2.24, 2.45) is 17.6 Å². The SMILES string of the molecule is C=C1c2c(Cl)ccc(O)c2C(=O)C2=C(O)[C@]3(O)C(=O)C(C(N)=O)=C(O)[C@@H](N(C)C)[C@@H]3C[C@H]12. The number of amides is 1. The number of aliphatic hydroxyl groups excluding tert-OH is 2. The fraction of sp³-hybridized carbons (Fsp3) is 0.318. The van der Waals surface area contributed by atoms with Gasteiger partial charge < -0.3 is 26.2 Å². The number of carbonyl (C=O) groups excluding carboxylic acids is 3. The fourth-order valence-electron chi connectivity index (χ4n) is 5.21. The van der Waals surface area contributed by atoms with Crippen molar-refractivity contribution in [2.75, 3.05) is 14.1 Å². The first-order valence-electron chi connectivity index (χ1n) is 9.71. The molecule has 6 N–H and O–H groups in total. The van der Waals surface area contributed by atoms with Crippen LogP contribution in [0.25, 0.3) is 5.57 Å². The van der Waals surface area contributed by atoms with Gasteiger partial charge >= 0.3 is 0 Å². The van der Waals surface area contributed by atoms with E-state index in [2.05, 4.69) is 6.58 Å². The number of nitrogens with zero attached hydrogens (tertiary/aromatic N) is 1. The lowest BCUT2D eigenvalue weighted by molar-refractivity contribution is -0.148. The Morgan fingerprint density at radius 2 is 1.84 bits per heavy atom. The molecule has 1 aromatic rings. The number of fused-ring (bicyclic) bond motifs is 3. The van der Waals surface area contributed by atoms with Crippen molar-refractivity contribution in [3.05, 3.63) is 57.5 Å². The Labute approximate surface area is 187 Å². The quantitative estimate of drug-likeness (QED) is 0.412. The highest BCUT2D eigenvalue weighted by molar-refractivity contribution is 6.34. The number of carbonyl (C=O) groups is 3. The molecule has 0 heterocycles. The van der Waals surface area contributed by atoms with Crippen LogP contribution in [0.4, 0.5) is 0 Å². The molecule has 0 fully saturated rings. The maximum Gasteiger partial charge on any atom is 0.255 e. The number of Topliss-reactive ketones (excluding diaryl/α,β-unsaturated/α-hetero) is 2. The molecule has 3 aliphatic rings. The number of phenolic OH excluding ortho intramolecular Hbond substituents is 1. The zero-order chi connectivity index (χ0) is 23.9. The van der Waals surface area contributed by atoms with E-state index in [0.717, 1.165) is 0 Å². The van der Waals surface area contributed by atoms with E-state index in [4.69, 9.17) is 17.3 Å². The number of hydrogen-bond acceptors (Lipinski definition) is 8. The molecule has 0 bridgehead atoms. The third kappa shape index (κ3) is 2.55. The van der Waals surface area contributed by atoms with Crippen LogP contribution in [0.2, 0.25) is 5.02 Å². The summed E-state index contributed by atoms with van der Waals surface area (Å²) in [5.74, 6) is -7.40. The zero-order valence-corrected chi connectivity index (χ0v) is 18.0. The number of ketones is 2. The first kappa shape index (κ1) is 22.1. The fourth-order valence-corrected chi connectivity index (χ4v) is 5.49. The summed E-state index contributed by atoms with van der Waals surface area (Å²) in [6, 6.07) is 1.54. The van der Waals surface area contributed by atoms with Gasteiger partial charge in [0.1, 0.15) is 22.8 Å². The zero-order valence-electron chi connectivity index (χ0n) is 17.2. The lowest BCUT2D eigenvalue weighted by Crippen LogP contribution is -2.63. The summed E-state index contributed by atoms with van der Waals surface area (Å²) in [7, 11) is 3.11. The highest BCUT2D eigenvalue weighted by Gasteiger charge is 2.63. The highest BCUT2D eigenvalue weighted by atomic mass is 35.5. The van der Waals surface area contributed by atoms with Gasteiger partial charge in [-0.15, -0.1) is 0 Å². The minimum Gasteiger partial charge on any atom is -0.510 e. The van der Waals surface area contributed by atoms with Crippen molar-refractivity contribution in [1.29, 1.82) is 0 Å². The number of aliphatic hydroxyl groups is 3. The highest BCUT2D eigenvalue weighted by Crippen LogP contribution is 2.55. The van der Waals surface area contributed by atoms with Gasteiger partial charge in [0.05, 0.1) is 11.6 Å². The van der Waals surface area contributed by atoms with Gasteiger partial charge in [-0.1, -0.05) is 18.2 Å². The number of rotatable bonds is 2. The number of phenols is 1. The van der Waals surface area contributed by atoms with Crippen LogP contribution in [-0.4, -0.2) is 68.5 Å². The summed E-state index contributed by atoms with van der Waals surface area (Å²) in [5, 5.41) is 43.8. The average molecular weight is 461 g/mol. The third-order valence-corrected chi connectivity index (χ3v) is 6.95. The Morgan fingerprint density at radius 1 is 1.22 bits per heavy atom. The molecule has 0 spiro atoms. The lowest BCUT2D eigenvalue weighted by Gasteiger charge is -2.50. The maximum absolute atomic E-state index is 13.3. The summed E-state index contributed by atoms with van der Waals surface area (Å²) < 4.78 is 0. The number of primary amides is 1. The molecule has 4 atom stereocenters. The van der Waals surface area contributed by atoms with E-state index in [1.54, 1.807) is 14.1 Å². The summed E-state index contributed by atoms with van der Waals surface area (Å²) in [6.07, 6.45) is -0.0867. The van der Waals surface area contributed by atoms with Crippen LogP contribution in [0.3, 0.4) is 0 Å². The molecule has 0 aliphatic heterocycles. The van der Waals surface area contributed by atoms with Gasteiger partial charge in [-0.3, -0.25) is 19.3 Å². The Hall–Kier alpha value is -3.14. The van der Waals surface area contributed by atoms with Crippen LogP contribution >= 0.6 is 11.6 Å². The number of likely N-dealkylation sites (N-methyl/N-ethyl adjacent to an activating group) is 1. The number of aromatic hydroxyl groups is 1. The molecule has 3 aliphatic carbocycles. The van der Waals surface area contributed by atoms with Gasteiger partial charge in [0.25, 0.3) is 5.91 Å². The Balaban J connectivity index is 2.03. The van der Waals surface area contributed by atoms with E-state index in [1.807, 2.05) is 0 Å². The molecule has 1 aromatic carbocycles. The summed E-state index contributed by atoms with van der Waals surface area (Å²) in [4.78, 5) is 39.9. The second kappa shape index (κ2) is 6.93. The normalized spacial score (nSPS) is 29.8. The molecule has 168 valence electrons. The van der Waals surface area contributed by atoms with Crippen LogP contribution in [0.1, 0.15) is 22.3 Å². The number of nitrogens with two attached hydrogens (primary N) is 1.